The Hall–Kier alpha value is -0.877. The van der Waals surface area contributed by atoms with Crippen LogP contribution in [0.1, 0.15) is 43.2 Å². The van der Waals surface area contributed by atoms with E-state index in [1.165, 1.54) is 64.8 Å². The first kappa shape index (κ1) is 31.3. The van der Waals surface area contributed by atoms with Gasteiger partial charge >= 0.3 is 26.2 Å². The molecule has 4 aromatic carbocycles. The van der Waals surface area contributed by atoms with Crippen LogP contribution >= 0.6 is 0 Å². The minimum absolute atomic E-state index is 0. The summed E-state index contributed by atoms with van der Waals surface area (Å²) in [4.78, 5) is 0. The van der Waals surface area contributed by atoms with Gasteiger partial charge in [0, 0.05) is 0 Å². The predicted octanol–water partition coefficient (Wildman–Crippen LogP) is 2.34. The van der Waals surface area contributed by atoms with E-state index in [-0.39, 0.29) is 58.4 Å². The van der Waals surface area contributed by atoms with Crippen LogP contribution in [0.25, 0.3) is 21.5 Å². The van der Waals surface area contributed by atoms with Crippen molar-refractivity contribution in [3.8, 4) is 0 Å². The second-order valence-corrected chi connectivity index (χ2v) is 7.13. The first-order valence-electron chi connectivity index (χ1n) is 9.79. The van der Waals surface area contributed by atoms with Gasteiger partial charge in [-0.15, -0.1) is 69.1 Å². The maximum absolute atomic E-state index is 2.39. The number of fused-ring (bicyclic) bond motifs is 2. The molecule has 30 heavy (non-hydrogen) atoms. The molecule has 0 saturated heterocycles. The summed E-state index contributed by atoms with van der Waals surface area (Å²) in [5.41, 5.74) is 2.74. The molecule has 1 fully saturated rings. The van der Waals surface area contributed by atoms with Gasteiger partial charge in [0.05, 0.1) is 0 Å². The molecule has 0 spiro atoms. The van der Waals surface area contributed by atoms with E-state index >= 15 is 0 Å². The largest absolute Gasteiger partial charge is 2.00 e. The summed E-state index contributed by atoms with van der Waals surface area (Å²) >= 11 is 0. The van der Waals surface area contributed by atoms with Gasteiger partial charge in [-0.25, -0.2) is 0 Å². The minimum atomic E-state index is 0. The molecule has 162 valence electrons. The molecule has 0 amide bonds. The van der Waals surface area contributed by atoms with E-state index in [9.17, 15) is 0 Å². The number of rotatable bonds is 0. The zero-order valence-corrected chi connectivity index (χ0v) is 22.3. The molecule has 1 aliphatic rings. The fourth-order valence-corrected chi connectivity index (χ4v) is 3.51. The third-order valence-corrected chi connectivity index (χ3v) is 5.11. The fraction of sp³-hybridized carbons (Fsp3) is 0.259. The zero-order chi connectivity index (χ0) is 18.2. The van der Waals surface area contributed by atoms with Gasteiger partial charge in [0.1, 0.15) is 0 Å². The first-order valence-corrected chi connectivity index (χ1v) is 9.79. The summed E-state index contributed by atoms with van der Waals surface area (Å²) in [6.45, 7) is 4.28. The van der Waals surface area contributed by atoms with Crippen molar-refractivity contribution in [1.29, 1.82) is 0 Å². The minimum Gasteiger partial charge on any atom is -1.00 e. The van der Waals surface area contributed by atoms with E-state index in [4.69, 9.17) is 0 Å². The van der Waals surface area contributed by atoms with E-state index in [0.29, 0.717) is 0 Å². The van der Waals surface area contributed by atoms with E-state index in [1.54, 1.807) is 0 Å². The molecule has 0 heterocycles. The first-order chi connectivity index (χ1) is 12.8. The van der Waals surface area contributed by atoms with Crippen molar-refractivity contribution in [2.75, 3.05) is 0 Å². The molecule has 3 heteroatoms. The van der Waals surface area contributed by atoms with Crippen molar-refractivity contribution in [2.45, 2.75) is 46.0 Å². The van der Waals surface area contributed by atoms with Crippen LogP contribution in [-0.2, 0) is 26.2 Å². The van der Waals surface area contributed by atoms with E-state index < -0.39 is 0 Å². The van der Waals surface area contributed by atoms with Crippen LogP contribution in [0.5, 0.6) is 0 Å². The Bertz CT molecular complexity index is 849. The van der Waals surface area contributed by atoms with Crippen molar-refractivity contribution in [3.05, 3.63) is 97.8 Å². The predicted molar refractivity (Wildman–Crippen MR) is 122 cm³/mol. The van der Waals surface area contributed by atoms with Crippen molar-refractivity contribution in [2.24, 2.45) is 0 Å². The van der Waals surface area contributed by atoms with E-state index in [2.05, 4.69) is 93.1 Å². The van der Waals surface area contributed by atoms with Crippen LogP contribution in [-0.4, -0.2) is 0 Å². The van der Waals surface area contributed by atoms with Crippen LogP contribution in [0.3, 0.4) is 0 Å². The number of halogens is 2. The quantitative estimate of drug-likeness (QED) is 0.314. The maximum atomic E-state index is 2.39. The average Bonchev–Trinajstić information content (AvgIpc) is 3.28. The molecule has 5 rings (SSSR count). The third-order valence-electron chi connectivity index (χ3n) is 5.11. The number of hydrogen-bond donors (Lipinski definition) is 0. The van der Waals surface area contributed by atoms with Gasteiger partial charge in [0.15, 0.2) is 0 Å². The fourth-order valence-electron chi connectivity index (χ4n) is 3.51. The van der Waals surface area contributed by atoms with Gasteiger partial charge in [0.25, 0.3) is 0 Å². The van der Waals surface area contributed by atoms with E-state index in [1.807, 2.05) is 0 Å². The average molecular weight is 519 g/mol. The molecule has 0 nitrogen and oxygen atoms in total. The summed E-state index contributed by atoms with van der Waals surface area (Å²) in [5.74, 6) is 0. The molecule has 0 unspecified atom stereocenters. The molecule has 1 aliphatic carbocycles. The van der Waals surface area contributed by atoms with Crippen LogP contribution in [0.4, 0.5) is 0 Å². The zero-order valence-electron chi connectivity index (χ0n) is 18.3. The molecular formula is C27H32Cl2Zr-4. The number of hydrogen-bond acceptors (Lipinski definition) is 0. The maximum Gasteiger partial charge on any atom is 2.00 e. The van der Waals surface area contributed by atoms with Crippen molar-refractivity contribution in [1.82, 2.24) is 0 Å². The summed E-state index contributed by atoms with van der Waals surface area (Å²) in [6.07, 6.45) is 9.50. The molecule has 1 saturated carbocycles. The Morgan fingerprint density at radius 2 is 1.03 bits per heavy atom. The van der Waals surface area contributed by atoms with Gasteiger partial charge in [-0.2, -0.15) is 37.1 Å². The summed E-state index contributed by atoms with van der Waals surface area (Å²) < 4.78 is 0. The summed E-state index contributed by atoms with van der Waals surface area (Å²) in [6, 6.07) is 25.5. The van der Waals surface area contributed by atoms with Gasteiger partial charge < -0.3 is 38.7 Å². The normalized spacial score (nSPS) is 11.8. The molecule has 0 bridgehead atoms. The topological polar surface area (TPSA) is 0 Å². The molecule has 0 atom stereocenters. The van der Waals surface area contributed by atoms with Crippen LogP contribution in [0.15, 0.2) is 72.8 Å². The van der Waals surface area contributed by atoms with Crippen LogP contribution in [0.2, 0.25) is 0 Å². The Kier molecular flexibility index (Phi) is 17.5. The Morgan fingerprint density at radius 3 is 1.33 bits per heavy atom. The van der Waals surface area contributed by atoms with Crippen LogP contribution in [0, 0.1) is 27.7 Å². The molecule has 0 aliphatic heterocycles. The molecule has 0 N–H and O–H groups in total. The second kappa shape index (κ2) is 16.8. The SMILES string of the molecule is C[c-]1ccc2ccccc21.C[c-]1ccc2ccccc21.[CH-]1CCCCC1.[CH3-].[Cl-].[Cl-].[Zr+2]. The van der Waals surface area contributed by atoms with E-state index in [0.717, 1.165) is 0 Å². The monoisotopic (exact) mass is 516 g/mol. The Morgan fingerprint density at radius 1 is 0.633 bits per heavy atom. The van der Waals surface area contributed by atoms with Gasteiger partial charge in [0.2, 0.25) is 0 Å². The standard InChI is InChI=1S/2C10H9.C6H11.CH3.2ClH.Zr/c2*1-8-6-7-9-4-2-3-5-10(8)9;1-2-4-6-5-3-1;;;;/h2*2-7H,1H3;1H,2-6H2;1H3;2*1H;/q4*-1;;;+2/p-2. The Labute approximate surface area is 215 Å². The van der Waals surface area contributed by atoms with Crippen molar-refractivity contribution < 1.29 is 51.0 Å². The Balaban J connectivity index is 0. The molecule has 0 radical (unpaired) electrons. The second-order valence-electron chi connectivity index (χ2n) is 7.13. The van der Waals surface area contributed by atoms with Crippen LogP contribution < -0.4 is 24.8 Å². The van der Waals surface area contributed by atoms with Gasteiger partial charge in [-0.05, 0) is 0 Å². The third kappa shape index (κ3) is 9.09. The van der Waals surface area contributed by atoms with Gasteiger partial charge in [-0.1, -0.05) is 45.2 Å². The van der Waals surface area contributed by atoms with Crippen molar-refractivity contribution >= 4 is 21.5 Å². The smallest absolute Gasteiger partial charge is 1.00 e. The molecule has 4 aromatic rings. The molecule has 0 aromatic heterocycles. The van der Waals surface area contributed by atoms with Crippen molar-refractivity contribution in [3.63, 3.8) is 0 Å². The summed E-state index contributed by atoms with van der Waals surface area (Å²) in [7, 11) is 0. The summed E-state index contributed by atoms with van der Waals surface area (Å²) in [5, 5.41) is 5.45. The number of aryl methyl sites for hydroxylation is 2. The molecular weight excluding hydrogens is 486 g/mol. The number of benzene rings is 2. The van der Waals surface area contributed by atoms with Gasteiger partial charge in [-0.3, -0.25) is 0 Å².